The Morgan fingerprint density at radius 3 is 2.68 bits per heavy atom. The summed E-state index contributed by atoms with van der Waals surface area (Å²) >= 11 is 0. The van der Waals surface area contributed by atoms with Crippen LogP contribution in [0.4, 0.5) is 15.8 Å². The Morgan fingerprint density at radius 1 is 1.47 bits per heavy atom. The lowest BCUT2D eigenvalue weighted by Gasteiger charge is -2.24. The van der Waals surface area contributed by atoms with Crippen molar-refractivity contribution in [2.75, 3.05) is 36.9 Å². The number of carboxylic acid groups (broad SMARTS) is 1. The van der Waals surface area contributed by atoms with Gasteiger partial charge >= 0.3 is 5.97 Å². The summed E-state index contributed by atoms with van der Waals surface area (Å²) in [6.07, 6.45) is 0. The molecule has 0 aliphatic heterocycles. The monoisotopic (exact) mass is 270 g/mol. The Kier molecular flexibility index (Phi) is 5.57. The van der Waals surface area contributed by atoms with Gasteiger partial charge in [-0.15, -0.1) is 0 Å². The smallest absolute Gasteiger partial charge is 0.337 e. The number of ether oxygens (including phenoxy) is 1. The van der Waals surface area contributed by atoms with Crippen LogP contribution in [0.15, 0.2) is 12.1 Å². The number of likely N-dealkylation sites (N-methyl/N-ethyl adjacent to an activating group) is 1. The maximum atomic E-state index is 13.9. The van der Waals surface area contributed by atoms with Crippen molar-refractivity contribution in [3.05, 3.63) is 23.5 Å². The van der Waals surface area contributed by atoms with Crippen LogP contribution < -0.4 is 10.6 Å². The van der Waals surface area contributed by atoms with Gasteiger partial charge in [0, 0.05) is 25.4 Å². The lowest BCUT2D eigenvalue weighted by atomic mass is 10.1. The minimum atomic E-state index is -1.17. The van der Waals surface area contributed by atoms with Gasteiger partial charge in [0.15, 0.2) is 0 Å². The van der Waals surface area contributed by atoms with Gasteiger partial charge in [-0.05, 0) is 26.0 Å². The molecule has 0 aliphatic carbocycles. The molecule has 0 unspecified atom stereocenters. The number of carbonyl (C=O) groups is 1. The number of carboxylic acids is 1. The number of nitrogens with zero attached hydrogens (tertiary/aromatic N) is 1. The summed E-state index contributed by atoms with van der Waals surface area (Å²) in [5.74, 6) is -1.69. The van der Waals surface area contributed by atoms with Crippen LogP contribution in [0.5, 0.6) is 0 Å². The van der Waals surface area contributed by atoms with Crippen LogP contribution in [-0.4, -0.2) is 37.4 Å². The van der Waals surface area contributed by atoms with E-state index in [0.29, 0.717) is 26.3 Å². The van der Waals surface area contributed by atoms with Crippen LogP contribution >= 0.6 is 0 Å². The molecule has 106 valence electrons. The van der Waals surface area contributed by atoms with Gasteiger partial charge < -0.3 is 20.5 Å². The summed E-state index contributed by atoms with van der Waals surface area (Å²) < 4.78 is 19.1. The van der Waals surface area contributed by atoms with Crippen LogP contribution in [0.1, 0.15) is 24.2 Å². The predicted octanol–water partition coefficient (Wildman–Crippen LogP) is 1.97. The van der Waals surface area contributed by atoms with Crippen molar-refractivity contribution in [3.8, 4) is 0 Å². The van der Waals surface area contributed by atoms with Gasteiger partial charge in [-0.2, -0.15) is 0 Å². The van der Waals surface area contributed by atoms with E-state index in [-0.39, 0.29) is 16.9 Å². The van der Waals surface area contributed by atoms with E-state index < -0.39 is 11.8 Å². The van der Waals surface area contributed by atoms with Gasteiger partial charge in [0.25, 0.3) is 0 Å². The number of hydrogen-bond acceptors (Lipinski definition) is 4. The highest BCUT2D eigenvalue weighted by Crippen LogP contribution is 2.25. The summed E-state index contributed by atoms with van der Waals surface area (Å²) in [6, 6.07) is 2.31. The Hall–Kier alpha value is -1.82. The second-order valence-corrected chi connectivity index (χ2v) is 3.97. The first kappa shape index (κ1) is 15.2. The molecule has 0 saturated carbocycles. The van der Waals surface area contributed by atoms with E-state index in [9.17, 15) is 9.18 Å². The molecule has 0 heterocycles. The molecule has 1 aromatic rings. The van der Waals surface area contributed by atoms with Crippen molar-refractivity contribution in [2.24, 2.45) is 0 Å². The molecule has 0 radical (unpaired) electrons. The number of anilines is 2. The minimum absolute atomic E-state index is 0.0744. The van der Waals surface area contributed by atoms with Gasteiger partial charge in [0.05, 0.1) is 17.9 Å². The molecule has 0 amide bonds. The standard InChI is InChI=1S/C13H19FN2O3/c1-3-16(5-6-19-4-2)12-7-9(13(17)18)11(15)8-10(12)14/h7-8H,3-6,15H2,1-2H3,(H,17,18). The van der Waals surface area contributed by atoms with E-state index in [4.69, 9.17) is 15.6 Å². The molecular weight excluding hydrogens is 251 g/mol. The van der Waals surface area contributed by atoms with Crippen LogP contribution in [0.2, 0.25) is 0 Å². The summed E-state index contributed by atoms with van der Waals surface area (Å²) in [6.45, 7) is 5.82. The highest BCUT2D eigenvalue weighted by Gasteiger charge is 2.16. The van der Waals surface area contributed by atoms with Crippen molar-refractivity contribution in [2.45, 2.75) is 13.8 Å². The number of halogens is 1. The first-order valence-electron chi connectivity index (χ1n) is 6.16. The van der Waals surface area contributed by atoms with Gasteiger partial charge in [-0.1, -0.05) is 0 Å². The highest BCUT2D eigenvalue weighted by molar-refractivity contribution is 5.95. The molecule has 3 N–H and O–H groups in total. The van der Waals surface area contributed by atoms with Crippen LogP contribution in [0.3, 0.4) is 0 Å². The Morgan fingerprint density at radius 2 is 2.16 bits per heavy atom. The van der Waals surface area contributed by atoms with E-state index in [1.165, 1.54) is 6.07 Å². The zero-order valence-electron chi connectivity index (χ0n) is 11.1. The SMILES string of the molecule is CCOCCN(CC)c1cc(C(=O)O)c(N)cc1F. The van der Waals surface area contributed by atoms with Crippen molar-refractivity contribution in [3.63, 3.8) is 0 Å². The van der Waals surface area contributed by atoms with E-state index in [1.807, 2.05) is 13.8 Å². The van der Waals surface area contributed by atoms with Gasteiger partial charge in [0.2, 0.25) is 0 Å². The normalized spacial score (nSPS) is 10.5. The fourth-order valence-corrected chi connectivity index (χ4v) is 1.77. The van der Waals surface area contributed by atoms with Crippen molar-refractivity contribution in [1.82, 2.24) is 0 Å². The van der Waals surface area contributed by atoms with Crippen molar-refractivity contribution in [1.29, 1.82) is 0 Å². The third-order valence-corrected chi connectivity index (χ3v) is 2.78. The van der Waals surface area contributed by atoms with Crippen LogP contribution in [-0.2, 0) is 4.74 Å². The molecule has 0 atom stereocenters. The van der Waals surface area contributed by atoms with E-state index >= 15 is 0 Å². The molecular formula is C13H19FN2O3. The van der Waals surface area contributed by atoms with Crippen molar-refractivity contribution >= 4 is 17.3 Å². The van der Waals surface area contributed by atoms with E-state index in [1.54, 1.807) is 4.90 Å². The third kappa shape index (κ3) is 3.82. The third-order valence-electron chi connectivity index (χ3n) is 2.78. The largest absolute Gasteiger partial charge is 0.478 e. The minimum Gasteiger partial charge on any atom is -0.478 e. The number of rotatable bonds is 7. The first-order valence-corrected chi connectivity index (χ1v) is 6.16. The Bertz CT molecular complexity index is 452. The molecule has 19 heavy (non-hydrogen) atoms. The predicted molar refractivity (Wildman–Crippen MR) is 72.2 cm³/mol. The lowest BCUT2D eigenvalue weighted by Crippen LogP contribution is -2.28. The number of benzene rings is 1. The summed E-state index contributed by atoms with van der Waals surface area (Å²) in [5, 5.41) is 9.00. The number of nitrogen functional groups attached to an aromatic ring is 1. The fraction of sp³-hybridized carbons (Fsp3) is 0.462. The molecule has 0 fully saturated rings. The molecule has 0 aromatic heterocycles. The van der Waals surface area contributed by atoms with Gasteiger partial charge in [-0.3, -0.25) is 0 Å². The maximum Gasteiger partial charge on any atom is 0.337 e. The zero-order valence-corrected chi connectivity index (χ0v) is 11.1. The number of hydrogen-bond donors (Lipinski definition) is 2. The average Bonchev–Trinajstić information content (AvgIpc) is 2.35. The molecule has 1 rings (SSSR count). The van der Waals surface area contributed by atoms with Crippen LogP contribution in [0.25, 0.3) is 0 Å². The number of nitrogens with two attached hydrogens (primary N) is 1. The second kappa shape index (κ2) is 6.94. The average molecular weight is 270 g/mol. The number of aromatic carboxylic acids is 1. The van der Waals surface area contributed by atoms with Crippen molar-refractivity contribution < 1.29 is 19.0 Å². The quantitative estimate of drug-likeness (QED) is 0.585. The second-order valence-electron chi connectivity index (χ2n) is 3.97. The van der Waals surface area contributed by atoms with E-state index in [0.717, 1.165) is 6.07 Å². The Labute approximate surface area is 111 Å². The molecule has 5 nitrogen and oxygen atoms in total. The maximum absolute atomic E-state index is 13.9. The zero-order chi connectivity index (χ0) is 14.4. The molecule has 0 saturated heterocycles. The van der Waals surface area contributed by atoms with Gasteiger partial charge in [-0.25, -0.2) is 9.18 Å². The molecule has 0 spiro atoms. The molecule has 0 bridgehead atoms. The van der Waals surface area contributed by atoms with Gasteiger partial charge in [0.1, 0.15) is 5.82 Å². The molecule has 1 aromatic carbocycles. The highest BCUT2D eigenvalue weighted by atomic mass is 19.1. The summed E-state index contributed by atoms with van der Waals surface area (Å²) in [5.41, 5.74) is 5.55. The van der Waals surface area contributed by atoms with E-state index in [2.05, 4.69) is 0 Å². The Balaban J connectivity index is 3.02. The molecule has 0 aliphatic rings. The lowest BCUT2D eigenvalue weighted by molar-refractivity contribution is 0.0698. The summed E-state index contributed by atoms with van der Waals surface area (Å²) in [4.78, 5) is 12.7. The topological polar surface area (TPSA) is 75.8 Å². The molecule has 6 heteroatoms. The fourth-order valence-electron chi connectivity index (χ4n) is 1.77. The van der Waals surface area contributed by atoms with Crippen LogP contribution in [0, 0.1) is 5.82 Å². The first-order chi connectivity index (χ1) is 9.01. The summed E-state index contributed by atoms with van der Waals surface area (Å²) in [7, 11) is 0.